The zero-order chi connectivity index (χ0) is 15.2. The Morgan fingerprint density at radius 3 is 2.76 bits per heavy atom. The van der Waals surface area contributed by atoms with Gasteiger partial charge in [-0.05, 0) is 18.9 Å². The third-order valence-corrected chi connectivity index (χ3v) is 4.03. The maximum Gasteiger partial charge on any atom is 0.323 e. The van der Waals surface area contributed by atoms with E-state index in [0.717, 1.165) is 12.1 Å². The maximum absolute atomic E-state index is 11.9. The minimum absolute atomic E-state index is 0.275. The van der Waals surface area contributed by atoms with Crippen LogP contribution in [-0.4, -0.2) is 35.4 Å². The van der Waals surface area contributed by atoms with Gasteiger partial charge in [-0.15, -0.1) is 0 Å². The lowest BCUT2D eigenvalue weighted by Gasteiger charge is -2.16. The molecule has 1 aliphatic heterocycles. The van der Waals surface area contributed by atoms with Crippen molar-refractivity contribution in [2.75, 3.05) is 6.54 Å². The van der Waals surface area contributed by atoms with Crippen LogP contribution in [0.4, 0.5) is 0 Å². The van der Waals surface area contributed by atoms with Gasteiger partial charge in [0.1, 0.15) is 6.04 Å². The van der Waals surface area contributed by atoms with Gasteiger partial charge in [-0.2, -0.15) is 0 Å². The molecule has 6 heteroatoms. The van der Waals surface area contributed by atoms with Gasteiger partial charge in [0, 0.05) is 17.9 Å². The fourth-order valence-electron chi connectivity index (χ4n) is 2.11. The molecule has 114 valence electrons. The molecular weight excluding hydrogens is 336 g/mol. The number of carbonyl (C=O) groups excluding carboxylic acids is 2. The second-order valence-electron chi connectivity index (χ2n) is 5.08. The molecule has 2 rings (SSSR count). The number of nitrogens with one attached hydrogen (secondary N) is 2. The monoisotopic (exact) mass is 354 g/mol. The lowest BCUT2D eigenvalue weighted by molar-refractivity contribution is -0.156. The number of hydrogen-bond acceptors (Lipinski definition) is 4. The highest BCUT2D eigenvalue weighted by Crippen LogP contribution is 2.15. The molecule has 1 aliphatic rings. The molecule has 0 saturated carbocycles. The number of carbonyl (C=O) groups is 2. The van der Waals surface area contributed by atoms with Gasteiger partial charge in [-0.25, -0.2) is 0 Å². The molecule has 1 aromatic carbocycles. The summed E-state index contributed by atoms with van der Waals surface area (Å²) in [6, 6.07) is 9.26. The summed E-state index contributed by atoms with van der Waals surface area (Å²) in [5.74, 6) is -0.667. The molecule has 0 spiro atoms. The SMILES string of the molecule is CC(OC(=O)C1CC(Br)CN1)C(=O)NCc1ccccc1. The van der Waals surface area contributed by atoms with E-state index in [2.05, 4.69) is 26.6 Å². The van der Waals surface area contributed by atoms with E-state index in [4.69, 9.17) is 4.74 Å². The summed E-state index contributed by atoms with van der Waals surface area (Å²) in [6.45, 7) is 2.74. The molecule has 3 unspecified atom stereocenters. The Bertz CT molecular complexity index is 495. The number of rotatable bonds is 5. The van der Waals surface area contributed by atoms with Crippen LogP contribution in [0.2, 0.25) is 0 Å². The van der Waals surface area contributed by atoms with E-state index in [0.29, 0.717) is 13.0 Å². The van der Waals surface area contributed by atoms with Crippen molar-refractivity contribution < 1.29 is 14.3 Å². The average Bonchev–Trinajstić information content (AvgIpc) is 2.92. The second-order valence-corrected chi connectivity index (χ2v) is 6.37. The van der Waals surface area contributed by atoms with Gasteiger partial charge in [-0.3, -0.25) is 9.59 Å². The summed E-state index contributed by atoms with van der Waals surface area (Å²) < 4.78 is 5.20. The first kappa shape index (κ1) is 16.0. The number of halogens is 1. The van der Waals surface area contributed by atoms with Crippen LogP contribution in [0.5, 0.6) is 0 Å². The minimum Gasteiger partial charge on any atom is -0.451 e. The Labute approximate surface area is 132 Å². The fourth-order valence-corrected chi connectivity index (χ4v) is 2.67. The normalized spacial score (nSPS) is 22.6. The van der Waals surface area contributed by atoms with Crippen molar-refractivity contribution in [2.24, 2.45) is 0 Å². The number of hydrogen-bond donors (Lipinski definition) is 2. The quantitative estimate of drug-likeness (QED) is 0.618. The first-order valence-corrected chi connectivity index (χ1v) is 7.87. The van der Waals surface area contributed by atoms with E-state index in [-0.39, 0.29) is 22.7 Å². The molecule has 5 nitrogen and oxygen atoms in total. The Hall–Kier alpha value is -1.40. The number of ether oxygens (including phenoxy) is 1. The lowest BCUT2D eigenvalue weighted by Crippen LogP contribution is -2.40. The Kier molecular flexibility index (Phi) is 5.76. The van der Waals surface area contributed by atoms with Gasteiger partial charge in [-0.1, -0.05) is 46.3 Å². The summed E-state index contributed by atoms with van der Waals surface area (Å²) >= 11 is 3.44. The van der Waals surface area contributed by atoms with E-state index in [1.54, 1.807) is 6.92 Å². The highest BCUT2D eigenvalue weighted by atomic mass is 79.9. The van der Waals surface area contributed by atoms with E-state index in [9.17, 15) is 9.59 Å². The number of esters is 1. The van der Waals surface area contributed by atoms with Crippen LogP contribution in [-0.2, 0) is 20.9 Å². The van der Waals surface area contributed by atoms with Crippen LogP contribution in [0.25, 0.3) is 0 Å². The van der Waals surface area contributed by atoms with Gasteiger partial charge in [0.05, 0.1) is 0 Å². The van der Waals surface area contributed by atoms with Crippen LogP contribution < -0.4 is 10.6 Å². The van der Waals surface area contributed by atoms with Crippen molar-refractivity contribution in [1.29, 1.82) is 0 Å². The van der Waals surface area contributed by atoms with E-state index in [1.807, 2.05) is 30.3 Å². The van der Waals surface area contributed by atoms with Crippen LogP contribution >= 0.6 is 15.9 Å². The standard InChI is InChI=1S/C15H19BrN2O3/c1-10(21-15(20)13-7-12(16)9-17-13)14(19)18-8-11-5-3-2-4-6-11/h2-6,10,12-13,17H,7-9H2,1H3,(H,18,19). The molecule has 2 N–H and O–H groups in total. The second kappa shape index (κ2) is 7.56. The summed E-state index contributed by atoms with van der Waals surface area (Å²) in [4.78, 5) is 24.1. The highest BCUT2D eigenvalue weighted by Gasteiger charge is 2.31. The summed E-state index contributed by atoms with van der Waals surface area (Å²) in [6.07, 6.45) is -0.116. The Morgan fingerprint density at radius 1 is 1.43 bits per heavy atom. The van der Waals surface area contributed by atoms with Crippen molar-refractivity contribution in [3.05, 3.63) is 35.9 Å². The maximum atomic E-state index is 11.9. The third kappa shape index (κ3) is 4.82. The highest BCUT2D eigenvalue weighted by molar-refractivity contribution is 9.09. The van der Waals surface area contributed by atoms with Crippen molar-refractivity contribution in [2.45, 2.75) is 36.9 Å². The van der Waals surface area contributed by atoms with Gasteiger partial charge in [0.25, 0.3) is 5.91 Å². The lowest BCUT2D eigenvalue weighted by atomic mass is 10.2. The smallest absolute Gasteiger partial charge is 0.323 e. The zero-order valence-corrected chi connectivity index (χ0v) is 13.4. The van der Waals surface area contributed by atoms with Gasteiger partial charge in [0.15, 0.2) is 6.10 Å². The van der Waals surface area contributed by atoms with E-state index < -0.39 is 6.10 Å². The largest absolute Gasteiger partial charge is 0.451 e. The van der Waals surface area contributed by atoms with Crippen molar-refractivity contribution in [1.82, 2.24) is 10.6 Å². The van der Waals surface area contributed by atoms with Crippen LogP contribution in [0.3, 0.4) is 0 Å². The van der Waals surface area contributed by atoms with Gasteiger partial charge in [0.2, 0.25) is 0 Å². The molecule has 0 aromatic heterocycles. The predicted molar refractivity (Wildman–Crippen MR) is 83.0 cm³/mol. The zero-order valence-electron chi connectivity index (χ0n) is 11.8. The Morgan fingerprint density at radius 2 is 2.14 bits per heavy atom. The van der Waals surface area contributed by atoms with Crippen LogP contribution in [0.15, 0.2) is 30.3 Å². The molecule has 1 saturated heterocycles. The molecule has 1 heterocycles. The molecule has 0 aliphatic carbocycles. The van der Waals surface area contributed by atoms with Gasteiger partial charge < -0.3 is 15.4 Å². The van der Waals surface area contributed by atoms with Crippen molar-refractivity contribution >= 4 is 27.8 Å². The first-order chi connectivity index (χ1) is 10.1. The molecule has 0 bridgehead atoms. The molecule has 0 radical (unpaired) electrons. The molecule has 3 atom stereocenters. The fraction of sp³-hybridized carbons (Fsp3) is 0.467. The van der Waals surface area contributed by atoms with Crippen LogP contribution in [0.1, 0.15) is 18.9 Å². The Balaban J connectivity index is 1.76. The van der Waals surface area contributed by atoms with Crippen molar-refractivity contribution in [3.8, 4) is 0 Å². The van der Waals surface area contributed by atoms with Crippen molar-refractivity contribution in [3.63, 3.8) is 0 Å². The predicted octanol–water partition coefficient (Wildman–Crippen LogP) is 1.36. The first-order valence-electron chi connectivity index (χ1n) is 6.96. The molecule has 1 aromatic rings. The number of alkyl halides is 1. The molecular formula is C15H19BrN2O3. The molecule has 21 heavy (non-hydrogen) atoms. The summed E-state index contributed by atoms with van der Waals surface area (Å²) in [5, 5.41) is 5.81. The van der Waals surface area contributed by atoms with E-state index in [1.165, 1.54) is 0 Å². The minimum atomic E-state index is -0.794. The number of amides is 1. The van der Waals surface area contributed by atoms with E-state index >= 15 is 0 Å². The molecule has 1 fully saturated rings. The average molecular weight is 355 g/mol. The summed E-state index contributed by atoms with van der Waals surface area (Å²) in [7, 11) is 0. The van der Waals surface area contributed by atoms with Crippen LogP contribution in [0, 0.1) is 0 Å². The third-order valence-electron chi connectivity index (χ3n) is 3.33. The van der Waals surface area contributed by atoms with Gasteiger partial charge >= 0.3 is 5.97 Å². The number of benzene rings is 1. The summed E-state index contributed by atoms with van der Waals surface area (Å²) in [5.41, 5.74) is 1.00. The molecule has 1 amide bonds. The topological polar surface area (TPSA) is 67.4 Å².